The maximum Gasteiger partial charge on any atom is 0.408 e. The summed E-state index contributed by atoms with van der Waals surface area (Å²) in [5.41, 5.74) is 3.15. The molecule has 1 saturated heterocycles. The van der Waals surface area contributed by atoms with Crippen molar-refractivity contribution in [3.8, 4) is 5.75 Å². The summed E-state index contributed by atoms with van der Waals surface area (Å²) < 4.78 is 23.8. The Morgan fingerprint density at radius 3 is 1.64 bits per heavy atom. The van der Waals surface area contributed by atoms with Crippen LogP contribution in [0.4, 0.5) is 9.59 Å². The van der Waals surface area contributed by atoms with Gasteiger partial charge in [0.05, 0.1) is 19.1 Å². The number of esters is 1. The molecule has 25 nitrogen and oxygen atoms in total. The fraction of sp³-hybridized carbons (Fsp3) is 0.402. The maximum absolute atomic E-state index is 15.7. The van der Waals surface area contributed by atoms with Gasteiger partial charge in [-0.05, 0) is 117 Å². The van der Waals surface area contributed by atoms with Crippen molar-refractivity contribution in [2.75, 3.05) is 20.2 Å². The van der Waals surface area contributed by atoms with Gasteiger partial charge >= 0.3 is 24.1 Å². The van der Waals surface area contributed by atoms with Gasteiger partial charge < -0.3 is 70.7 Å². The second-order valence-electron chi connectivity index (χ2n) is 28.0. The van der Waals surface area contributed by atoms with E-state index in [0.29, 0.717) is 53.8 Å². The number of rotatable bonds is 37. The molecule has 568 valence electrons. The minimum atomic E-state index is -1.48. The van der Waals surface area contributed by atoms with Gasteiger partial charge in [-0.1, -0.05) is 198 Å². The first-order chi connectivity index (χ1) is 51.4. The van der Waals surface area contributed by atoms with Crippen LogP contribution in [0.3, 0.4) is 0 Å². The zero-order valence-electron chi connectivity index (χ0n) is 62.0. The number of unbranched alkanes of at least 4 members (excludes halogenated alkanes) is 1. The molecule has 2 heterocycles. The number of nitrogens with zero attached hydrogens (tertiary/aromatic N) is 3. The number of amides is 8. The van der Waals surface area contributed by atoms with Crippen LogP contribution in [-0.4, -0.2) is 147 Å². The molecule has 1 aliphatic rings. The van der Waals surface area contributed by atoms with Gasteiger partial charge in [-0.15, -0.1) is 0 Å². The van der Waals surface area contributed by atoms with Gasteiger partial charge in [-0.2, -0.15) is 0 Å². The number of ether oxygens (including phenoxy) is 4. The topological polar surface area (TPSA) is 333 Å². The van der Waals surface area contributed by atoms with Crippen LogP contribution in [0.2, 0.25) is 0 Å². The average Bonchev–Trinajstić information content (AvgIpc) is 1.72. The summed E-state index contributed by atoms with van der Waals surface area (Å²) >= 11 is 0. The number of alkyl carbamates (subject to hydrolysis) is 2. The van der Waals surface area contributed by atoms with Crippen molar-refractivity contribution in [2.24, 2.45) is 11.8 Å². The third kappa shape index (κ3) is 23.6. The van der Waals surface area contributed by atoms with E-state index in [1.54, 1.807) is 127 Å². The molecular weight excluding hydrogens is 1360 g/mol. The number of benzene rings is 6. The largest absolute Gasteiger partial charge is 0.497 e. The average molecular weight is 1470 g/mol. The van der Waals surface area contributed by atoms with E-state index in [4.69, 9.17) is 23.9 Å². The minimum absolute atomic E-state index is 0.0404. The Labute approximate surface area is 625 Å². The van der Waals surface area contributed by atoms with E-state index in [0.717, 1.165) is 16.7 Å². The third-order valence-electron chi connectivity index (χ3n) is 18.6. The molecule has 8 N–H and O–H groups in total. The summed E-state index contributed by atoms with van der Waals surface area (Å²) in [6.07, 6.45) is 2.31. The number of carboxylic acid groups (broad SMARTS) is 1. The lowest BCUT2D eigenvalue weighted by Crippen LogP contribution is -2.62. The molecular formula is C82H100N10O15. The molecule has 0 radical (unpaired) electrons. The molecule has 1 aliphatic heterocycles. The Morgan fingerprint density at radius 2 is 1.09 bits per heavy atom. The fourth-order valence-electron chi connectivity index (χ4n) is 12.8. The van der Waals surface area contributed by atoms with Gasteiger partial charge in [-0.25, -0.2) is 19.4 Å². The molecule has 1 aromatic heterocycles. The SMILES string of the molecule is CC[C@H](C)[C@H](NC(=O)[C@H](Cc1ccc(OC)cc1)NC(=O)[C@@H](NC(=O)[C@H](CCCCNC(=O)OC(C)(C)C)NC(=O)OCc1ccccc1)C(C)C)C(=O)N[C@@H](Cc1cn(C(c2ccccc2)(c2ccccc2)c2ccccc2)cn1)C(=O)N1CCC[C@H]1C(=O)N[C@@H](CCC(=O)O)C(=O)OCc1ccccc1. The maximum atomic E-state index is 15.7. The lowest BCUT2D eigenvalue weighted by Gasteiger charge is -2.37. The van der Waals surface area contributed by atoms with Crippen LogP contribution in [0.25, 0.3) is 0 Å². The van der Waals surface area contributed by atoms with Crippen LogP contribution in [0, 0.1) is 11.8 Å². The van der Waals surface area contributed by atoms with Gasteiger partial charge in [0.1, 0.15) is 72.4 Å². The van der Waals surface area contributed by atoms with E-state index < -0.39 is 131 Å². The second kappa shape index (κ2) is 39.7. The number of likely N-dealkylation sites (tertiary alicyclic amines) is 1. The second-order valence-corrected chi connectivity index (χ2v) is 28.0. The van der Waals surface area contributed by atoms with Crippen LogP contribution in [-0.2, 0) is 84.2 Å². The number of hydrogen-bond acceptors (Lipinski definition) is 15. The van der Waals surface area contributed by atoms with Crippen molar-refractivity contribution in [3.05, 3.63) is 228 Å². The quantitative estimate of drug-likeness (QED) is 0.00778. The first kappa shape index (κ1) is 81.3. The van der Waals surface area contributed by atoms with E-state index in [-0.39, 0.29) is 58.4 Å². The van der Waals surface area contributed by atoms with Crippen LogP contribution in [0.15, 0.2) is 188 Å². The molecule has 25 heteroatoms. The number of carbonyl (C=O) groups excluding carboxylic acids is 9. The van der Waals surface area contributed by atoms with Crippen molar-refractivity contribution in [3.63, 3.8) is 0 Å². The molecule has 0 unspecified atom stereocenters. The summed E-state index contributed by atoms with van der Waals surface area (Å²) in [5.74, 6) is -7.38. The van der Waals surface area contributed by atoms with Crippen molar-refractivity contribution in [1.82, 2.24) is 51.7 Å². The van der Waals surface area contributed by atoms with Crippen LogP contribution in [0.1, 0.15) is 139 Å². The molecule has 0 spiro atoms. The monoisotopic (exact) mass is 1460 g/mol. The molecule has 0 aliphatic carbocycles. The molecule has 8 amide bonds. The molecule has 1 fully saturated rings. The first-order valence-corrected chi connectivity index (χ1v) is 36.4. The Bertz CT molecular complexity index is 3970. The number of carbonyl (C=O) groups is 10. The highest BCUT2D eigenvalue weighted by molar-refractivity contribution is 5.98. The molecule has 6 aromatic carbocycles. The number of carboxylic acids is 1. The molecule has 7 aromatic rings. The number of hydrogen-bond donors (Lipinski definition) is 8. The Balaban J connectivity index is 1.09. The number of nitrogens with one attached hydrogen (secondary N) is 7. The number of aliphatic carboxylic acids is 1. The molecule has 8 rings (SSSR count). The van der Waals surface area contributed by atoms with E-state index >= 15 is 14.4 Å². The number of imidazole rings is 1. The minimum Gasteiger partial charge on any atom is -0.497 e. The molecule has 0 bridgehead atoms. The zero-order chi connectivity index (χ0) is 77.0. The summed E-state index contributed by atoms with van der Waals surface area (Å²) in [7, 11) is 1.50. The van der Waals surface area contributed by atoms with Crippen molar-refractivity contribution in [1.29, 1.82) is 0 Å². The molecule has 0 saturated carbocycles. The van der Waals surface area contributed by atoms with Gasteiger partial charge in [0, 0.05) is 38.5 Å². The normalized spacial score (nSPS) is 14.8. The van der Waals surface area contributed by atoms with E-state index in [2.05, 4.69) is 37.2 Å². The standard InChI is InChI=1S/C82H100N10O15/c1-9-55(4)71(90-73(96)66(48-56-40-42-63(104-8)43-41-56)86-75(98)70(54(2)3)89-72(95)64(38-25-26-46-83-79(102)107-81(5,6)7)88-80(103)106-52-58-30-17-11-18-31-58)76(99)87-67(77(100)92-47-27-39-68(92)74(97)85-65(44-45-69(93)94)78(101)105-51-57-28-15-10-16-29-57)49-62-50-91(53-84-62)82(59-32-19-12-20-33-59,60-34-21-13-22-35-60)61-36-23-14-24-37-61/h10-24,28-37,40-43,50,53-55,64-68,70-71H,9,25-27,38-39,44-49,51-52H2,1-8H3,(H,83,102)(H,85,97)(H,86,98)(H,87,99)(H,88,103)(H,89,95)(H,90,96)(H,93,94)/t55-,64-,65-,66-,67-,68-,70-,71-/m0/s1. The number of methoxy groups -OCH3 is 1. The first-order valence-electron chi connectivity index (χ1n) is 36.4. The highest BCUT2D eigenvalue weighted by atomic mass is 16.6. The summed E-state index contributed by atoms with van der Waals surface area (Å²) in [6, 6.07) is 44.6. The van der Waals surface area contributed by atoms with Crippen molar-refractivity contribution < 1.29 is 72.0 Å². The third-order valence-corrected chi connectivity index (χ3v) is 18.6. The zero-order valence-corrected chi connectivity index (χ0v) is 62.0. The molecule has 107 heavy (non-hydrogen) atoms. The van der Waals surface area contributed by atoms with Gasteiger partial charge in [0.15, 0.2) is 0 Å². The highest BCUT2D eigenvalue weighted by Crippen LogP contribution is 2.41. The van der Waals surface area contributed by atoms with Crippen LogP contribution >= 0.6 is 0 Å². The van der Waals surface area contributed by atoms with Crippen molar-refractivity contribution in [2.45, 2.75) is 179 Å². The van der Waals surface area contributed by atoms with Crippen LogP contribution in [0.5, 0.6) is 5.75 Å². The van der Waals surface area contributed by atoms with Crippen LogP contribution < -0.4 is 42.0 Å². The Hall–Kier alpha value is -11.4. The molecule has 8 atom stereocenters. The van der Waals surface area contributed by atoms with Gasteiger partial charge in [-0.3, -0.25) is 33.6 Å². The Kier molecular flexibility index (Phi) is 30.1. The summed E-state index contributed by atoms with van der Waals surface area (Å²) in [6.45, 7) is 12.1. The van der Waals surface area contributed by atoms with E-state index in [9.17, 15) is 38.7 Å². The lowest BCUT2D eigenvalue weighted by molar-refractivity contribution is -0.150. The number of aromatic nitrogens is 2. The van der Waals surface area contributed by atoms with E-state index in [1.165, 1.54) is 12.0 Å². The predicted molar refractivity (Wildman–Crippen MR) is 401 cm³/mol. The smallest absolute Gasteiger partial charge is 0.408 e. The van der Waals surface area contributed by atoms with Gasteiger partial charge in [0.25, 0.3) is 0 Å². The predicted octanol–water partition coefficient (Wildman–Crippen LogP) is 9.23. The fourth-order valence-corrected chi connectivity index (χ4v) is 12.8. The van der Waals surface area contributed by atoms with Gasteiger partial charge in [0.2, 0.25) is 35.4 Å². The Morgan fingerprint density at radius 1 is 0.561 bits per heavy atom. The highest BCUT2D eigenvalue weighted by Gasteiger charge is 2.43. The van der Waals surface area contributed by atoms with Crippen molar-refractivity contribution >= 4 is 59.6 Å². The lowest BCUT2D eigenvalue weighted by atomic mass is 9.77. The van der Waals surface area contributed by atoms with E-state index in [1.807, 2.05) is 115 Å². The summed E-state index contributed by atoms with van der Waals surface area (Å²) in [5, 5.41) is 29.3. The summed E-state index contributed by atoms with van der Waals surface area (Å²) in [4.78, 5) is 148.